The second-order valence-electron chi connectivity index (χ2n) is 3.02. The molecule has 2 aromatic heterocycles. The lowest BCUT2D eigenvalue weighted by Gasteiger charge is -2.03. The molecule has 0 bridgehead atoms. The van der Waals surface area contributed by atoms with Crippen molar-refractivity contribution in [2.24, 2.45) is 0 Å². The lowest BCUT2D eigenvalue weighted by molar-refractivity contribution is 0.103. The zero-order valence-corrected chi connectivity index (χ0v) is 13.0. The number of thiophene rings is 1. The minimum absolute atomic E-state index is 0.234. The maximum absolute atomic E-state index is 11.9. The highest BCUT2D eigenvalue weighted by Crippen LogP contribution is 2.32. The van der Waals surface area contributed by atoms with Crippen LogP contribution < -0.4 is 5.32 Å². The molecule has 2 rings (SSSR count). The molecule has 17 heavy (non-hydrogen) atoms. The lowest BCUT2D eigenvalue weighted by atomic mass is 10.4. The Labute approximate surface area is 123 Å². The third-order valence-corrected chi connectivity index (χ3v) is 5.42. The summed E-state index contributed by atoms with van der Waals surface area (Å²) < 4.78 is 1.72. The molecule has 0 saturated carbocycles. The number of rotatable bonds is 2. The number of hydrogen-bond donors (Lipinski definition) is 1. The number of nitrogens with one attached hydrogen (secondary N) is 1. The summed E-state index contributed by atoms with van der Waals surface area (Å²) in [7, 11) is 0. The van der Waals surface area contributed by atoms with Gasteiger partial charge in [-0.15, -0.1) is 11.3 Å². The summed E-state index contributed by atoms with van der Waals surface area (Å²) >= 11 is 13.9. The number of carbonyl (C=O) groups is 1. The summed E-state index contributed by atoms with van der Waals surface area (Å²) in [5.41, 5.74) is 0. The molecule has 0 spiro atoms. The molecule has 1 amide bonds. The van der Waals surface area contributed by atoms with Gasteiger partial charge in [0.2, 0.25) is 0 Å². The minimum atomic E-state index is -0.234. The summed E-state index contributed by atoms with van der Waals surface area (Å²) in [6, 6.07) is 5.11. The maximum atomic E-state index is 11.9. The van der Waals surface area contributed by atoms with Crippen molar-refractivity contribution >= 4 is 66.5 Å². The van der Waals surface area contributed by atoms with Crippen molar-refractivity contribution in [1.82, 2.24) is 4.98 Å². The second kappa shape index (κ2) is 5.48. The van der Waals surface area contributed by atoms with Gasteiger partial charge in [-0.3, -0.25) is 4.79 Å². The van der Waals surface area contributed by atoms with Crippen LogP contribution in [0.2, 0.25) is 5.02 Å². The molecule has 7 heteroatoms. The number of aromatic nitrogens is 1. The van der Waals surface area contributed by atoms with Crippen LogP contribution in [0.3, 0.4) is 0 Å². The number of nitrogens with zero attached hydrogens (tertiary/aromatic N) is 1. The Morgan fingerprint density at radius 3 is 2.82 bits per heavy atom. The molecule has 2 heterocycles. The van der Waals surface area contributed by atoms with Gasteiger partial charge in [0, 0.05) is 10.7 Å². The Morgan fingerprint density at radius 1 is 1.47 bits per heavy atom. The number of amides is 1. The number of pyridine rings is 1. The average Bonchev–Trinajstić information content (AvgIpc) is 2.63. The van der Waals surface area contributed by atoms with E-state index in [9.17, 15) is 4.79 Å². The van der Waals surface area contributed by atoms with E-state index in [1.54, 1.807) is 24.4 Å². The Hall–Kier alpha value is -0.430. The van der Waals surface area contributed by atoms with Crippen molar-refractivity contribution < 1.29 is 4.79 Å². The number of anilines is 1. The summed E-state index contributed by atoms with van der Waals surface area (Å²) in [5, 5.41) is 3.07. The fourth-order valence-corrected chi connectivity index (χ4v) is 3.20. The number of hydrogen-bond acceptors (Lipinski definition) is 3. The largest absolute Gasteiger partial charge is 0.305 e. The van der Waals surface area contributed by atoms with Crippen LogP contribution in [-0.2, 0) is 0 Å². The molecule has 1 N–H and O–H groups in total. The van der Waals surface area contributed by atoms with E-state index in [1.807, 2.05) is 0 Å². The van der Waals surface area contributed by atoms with E-state index in [2.05, 4.69) is 42.2 Å². The van der Waals surface area contributed by atoms with E-state index >= 15 is 0 Å². The number of carbonyl (C=O) groups excluding carboxylic acids is 1. The van der Waals surface area contributed by atoms with Gasteiger partial charge >= 0.3 is 0 Å². The van der Waals surface area contributed by atoms with Gasteiger partial charge in [0.05, 0.1) is 13.7 Å². The lowest BCUT2D eigenvalue weighted by Crippen LogP contribution is -2.11. The van der Waals surface area contributed by atoms with Crippen LogP contribution in [0.5, 0.6) is 0 Å². The minimum Gasteiger partial charge on any atom is -0.305 e. The molecule has 0 radical (unpaired) electrons. The molecular weight excluding hydrogens is 391 g/mol. The fraction of sp³-hybridized carbons (Fsp3) is 0. The van der Waals surface area contributed by atoms with E-state index in [-0.39, 0.29) is 5.91 Å². The summed E-state index contributed by atoms with van der Waals surface area (Å²) in [6.45, 7) is 0. The van der Waals surface area contributed by atoms with Gasteiger partial charge in [-0.2, -0.15) is 0 Å². The molecule has 3 nitrogen and oxygen atoms in total. The van der Waals surface area contributed by atoms with E-state index in [1.165, 1.54) is 11.3 Å². The van der Waals surface area contributed by atoms with Crippen molar-refractivity contribution in [2.45, 2.75) is 0 Å². The van der Waals surface area contributed by atoms with Gasteiger partial charge in [-0.25, -0.2) is 4.98 Å². The van der Waals surface area contributed by atoms with E-state index in [0.29, 0.717) is 15.7 Å². The smallest absolute Gasteiger partial charge is 0.267 e. The molecule has 88 valence electrons. The fourth-order valence-electron chi connectivity index (χ4n) is 1.11. The van der Waals surface area contributed by atoms with Crippen LogP contribution >= 0.6 is 54.8 Å². The van der Waals surface area contributed by atoms with Crippen LogP contribution in [0.25, 0.3) is 0 Å². The first kappa shape index (κ1) is 13.0. The van der Waals surface area contributed by atoms with E-state index in [0.717, 1.165) is 8.26 Å². The average molecular weight is 396 g/mol. The van der Waals surface area contributed by atoms with Crippen molar-refractivity contribution in [2.75, 3.05) is 5.32 Å². The molecule has 0 aliphatic heterocycles. The van der Waals surface area contributed by atoms with Gasteiger partial charge in [0.15, 0.2) is 5.82 Å². The first-order valence-electron chi connectivity index (χ1n) is 4.44. The maximum Gasteiger partial charge on any atom is 0.267 e. The van der Waals surface area contributed by atoms with Crippen LogP contribution in [0.1, 0.15) is 9.67 Å². The normalized spacial score (nSPS) is 10.3. The monoisotopic (exact) mass is 394 g/mol. The molecule has 0 fully saturated rings. The van der Waals surface area contributed by atoms with Gasteiger partial charge < -0.3 is 5.32 Å². The molecule has 0 aromatic carbocycles. The van der Waals surface area contributed by atoms with Crippen LogP contribution in [0.15, 0.2) is 32.7 Å². The molecular formula is C10H5Br2ClN2OS. The Bertz CT molecular complexity index is 554. The third-order valence-electron chi connectivity index (χ3n) is 1.86. The third kappa shape index (κ3) is 3.07. The molecule has 2 aromatic rings. The molecule has 0 aliphatic carbocycles. The second-order valence-corrected chi connectivity index (χ2v) is 6.65. The van der Waals surface area contributed by atoms with Crippen molar-refractivity contribution in [3.8, 4) is 0 Å². The SMILES string of the molecule is O=C(Nc1ncccc1Cl)c1cc(Br)c(Br)s1. The highest BCUT2D eigenvalue weighted by molar-refractivity contribution is 9.13. The van der Waals surface area contributed by atoms with Crippen molar-refractivity contribution in [1.29, 1.82) is 0 Å². The number of halogens is 3. The molecule has 0 saturated heterocycles. The van der Waals surface area contributed by atoms with Crippen LogP contribution in [0.4, 0.5) is 5.82 Å². The molecule has 0 unspecified atom stereocenters. The Kier molecular flexibility index (Phi) is 4.19. The zero-order chi connectivity index (χ0) is 12.4. The van der Waals surface area contributed by atoms with Gasteiger partial charge in [-0.05, 0) is 50.1 Å². The molecule has 0 aliphatic rings. The standard InChI is InChI=1S/C10H5Br2ClN2OS/c11-5-4-7(17-8(5)12)10(16)15-9-6(13)2-1-3-14-9/h1-4H,(H,14,15,16). The van der Waals surface area contributed by atoms with Gasteiger partial charge in [0.25, 0.3) is 5.91 Å². The van der Waals surface area contributed by atoms with Crippen molar-refractivity contribution in [3.63, 3.8) is 0 Å². The molecule has 0 atom stereocenters. The predicted octanol–water partition coefficient (Wildman–Crippen LogP) is 4.57. The highest BCUT2D eigenvalue weighted by atomic mass is 79.9. The van der Waals surface area contributed by atoms with Gasteiger partial charge in [-0.1, -0.05) is 11.6 Å². The van der Waals surface area contributed by atoms with E-state index in [4.69, 9.17) is 11.6 Å². The topological polar surface area (TPSA) is 42.0 Å². The summed E-state index contributed by atoms with van der Waals surface area (Å²) in [5.74, 6) is 0.127. The van der Waals surface area contributed by atoms with Crippen LogP contribution in [0, 0.1) is 0 Å². The Morgan fingerprint density at radius 2 is 2.24 bits per heavy atom. The zero-order valence-electron chi connectivity index (χ0n) is 8.21. The van der Waals surface area contributed by atoms with Crippen LogP contribution in [-0.4, -0.2) is 10.9 Å². The summed E-state index contributed by atoms with van der Waals surface area (Å²) in [6.07, 6.45) is 1.57. The summed E-state index contributed by atoms with van der Waals surface area (Å²) in [4.78, 5) is 16.5. The predicted molar refractivity (Wildman–Crippen MR) is 76.9 cm³/mol. The quantitative estimate of drug-likeness (QED) is 0.808. The van der Waals surface area contributed by atoms with E-state index < -0.39 is 0 Å². The first-order chi connectivity index (χ1) is 8.08. The van der Waals surface area contributed by atoms with Gasteiger partial charge in [0.1, 0.15) is 0 Å². The highest BCUT2D eigenvalue weighted by Gasteiger charge is 2.13. The van der Waals surface area contributed by atoms with Crippen molar-refractivity contribution in [3.05, 3.63) is 42.6 Å². The first-order valence-corrected chi connectivity index (χ1v) is 7.22. The Balaban J connectivity index is 2.20.